The maximum absolute atomic E-state index is 12.9. The highest BCUT2D eigenvalue weighted by molar-refractivity contribution is 5.77. The molecule has 3 nitrogen and oxygen atoms in total. The van der Waals surface area contributed by atoms with E-state index in [2.05, 4.69) is 45.0 Å². The summed E-state index contributed by atoms with van der Waals surface area (Å²) in [7, 11) is 0. The number of esters is 1. The Labute approximate surface area is 150 Å². The average molecular weight is 342 g/mol. The third-order valence-corrected chi connectivity index (χ3v) is 6.65. The van der Waals surface area contributed by atoms with Crippen LogP contribution in [0.3, 0.4) is 0 Å². The number of ether oxygens (including phenoxy) is 1. The first-order valence-electron chi connectivity index (χ1n) is 9.67. The van der Waals surface area contributed by atoms with Crippen LogP contribution in [0.5, 0.6) is 0 Å². The summed E-state index contributed by atoms with van der Waals surface area (Å²) in [6, 6.07) is 8.36. The molecule has 2 unspecified atom stereocenters. The molecule has 0 aromatic heterocycles. The summed E-state index contributed by atoms with van der Waals surface area (Å²) >= 11 is 0. The van der Waals surface area contributed by atoms with E-state index >= 15 is 0 Å². The number of hydrogen-bond donors (Lipinski definition) is 1. The van der Waals surface area contributed by atoms with E-state index in [0.29, 0.717) is 24.9 Å². The molecule has 0 spiro atoms. The molecule has 4 bridgehead atoms. The van der Waals surface area contributed by atoms with Crippen LogP contribution in [-0.2, 0) is 21.6 Å². The third-order valence-electron chi connectivity index (χ3n) is 6.65. The minimum atomic E-state index is -0.614. The van der Waals surface area contributed by atoms with E-state index < -0.39 is 11.0 Å². The maximum Gasteiger partial charge on any atom is 0.312 e. The van der Waals surface area contributed by atoms with Gasteiger partial charge in [0.25, 0.3) is 0 Å². The molecule has 0 radical (unpaired) electrons. The SMILES string of the molecule is CC(C)(C)c1ccc(COC(=O)C23CC4CC(CC(O)(C4)C2)C3)cc1. The number of carbonyl (C=O) groups is 1. The highest BCUT2D eigenvalue weighted by Crippen LogP contribution is 2.62. The van der Waals surface area contributed by atoms with Gasteiger partial charge < -0.3 is 9.84 Å². The number of hydrogen-bond acceptors (Lipinski definition) is 3. The molecular formula is C22H30O3. The predicted molar refractivity (Wildman–Crippen MR) is 97.0 cm³/mol. The maximum atomic E-state index is 12.9. The van der Waals surface area contributed by atoms with Crippen LogP contribution in [0.1, 0.15) is 70.4 Å². The van der Waals surface area contributed by atoms with Crippen LogP contribution < -0.4 is 0 Å². The molecule has 4 aliphatic carbocycles. The van der Waals surface area contributed by atoms with Gasteiger partial charge in [-0.2, -0.15) is 0 Å². The molecule has 1 N–H and O–H groups in total. The Morgan fingerprint density at radius 1 is 1.12 bits per heavy atom. The number of benzene rings is 1. The number of carbonyl (C=O) groups excluding carboxylic acids is 1. The van der Waals surface area contributed by atoms with Crippen LogP contribution in [0.25, 0.3) is 0 Å². The summed E-state index contributed by atoms with van der Waals surface area (Å²) in [5, 5.41) is 10.8. The largest absolute Gasteiger partial charge is 0.460 e. The fourth-order valence-corrected chi connectivity index (χ4v) is 5.86. The van der Waals surface area contributed by atoms with Crippen LogP contribution in [0.4, 0.5) is 0 Å². The van der Waals surface area contributed by atoms with Crippen LogP contribution in [0.2, 0.25) is 0 Å². The van der Waals surface area contributed by atoms with Crippen LogP contribution in [0, 0.1) is 17.3 Å². The van der Waals surface area contributed by atoms with Gasteiger partial charge >= 0.3 is 5.97 Å². The molecule has 4 aliphatic rings. The van der Waals surface area contributed by atoms with E-state index in [4.69, 9.17) is 4.74 Å². The highest BCUT2D eigenvalue weighted by Gasteiger charge is 2.60. The lowest BCUT2D eigenvalue weighted by Gasteiger charge is -2.58. The Hall–Kier alpha value is -1.35. The van der Waals surface area contributed by atoms with Crippen LogP contribution in [0.15, 0.2) is 24.3 Å². The lowest BCUT2D eigenvalue weighted by Crippen LogP contribution is -2.58. The van der Waals surface area contributed by atoms with Gasteiger partial charge in [-0.15, -0.1) is 0 Å². The molecule has 0 saturated heterocycles. The Morgan fingerprint density at radius 2 is 1.72 bits per heavy atom. The molecule has 3 heteroatoms. The number of rotatable bonds is 3. The van der Waals surface area contributed by atoms with Gasteiger partial charge in [0.15, 0.2) is 0 Å². The van der Waals surface area contributed by atoms with Crippen molar-refractivity contribution < 1.29 is 14.6 Å². The van der Waals surface area contributed by atoms with E-state index in [1.54, 1.807) is 0 Å². The summed E-state index contributed by atoms with van der Waals surface area (Å²) in [6.45, 7) is 6.91. The molecular weight excluding hydrogens is 312 g/mol. The topological polar surface area (TPSA) is 46.5 Å². The fourth-order valence-electron chi connectivity index (χ4n) is 5.86. The lowest BCUT2D eigenvalue weighted by atomic mass is 9.48. The monoisotopic (exact) mass is 342 g/mol. The molecule has 136 valence electrons. The average Bonchev–Trinajstić information content (AvgIpc) is 2.49. The van der Waals surface area contributed by atoms with Crippen molar-refractivity contribution in [2.75, 3.05) is 0 Å². The fraction of sp³-hybridized carbons (Fsp3) is 0.682. The smallest absolute Gasteiger partial charge is 0.312 e. The molecule has 0 amide bonds. The van der Waals surface area contributed by atoms with E-state index in [0.717, 1.165) is 31.2 Å². The van der Waals surface area contributed by atoms with Gasteiger partial charge in [0.05, 0.1) is 11.0 Å². The molecule has 1 aromatic rings. The van der Waals surface area contributed by atoms with Crippen molar-refractivity contribution in [2.45, 2.75) is 76.9 Å². The van der Waals surface area contributed by atoms with Gasteiger partial charge in [-0.1, -0.05) is 45.0 Å². The Bertz CT molecular complexity index is 654. The standard InChI is InChI=1S/C22H30O3/c1-20(2,3)18-6-4-15(5-7-18)13-25-19(23)21-9-16-8-17(10-21)12-22(24,11-16)14-21/h4-7,16-17,24H,8-14H2,1-3H3. The molecule has 4 saturated carbocycles. The third kappa shape index (κ3) is 3.12. The minimum absolute atomic E-state index is 0.0834. The van der Waals surface area contributed by atoms with Crippen molar-refractivity contribution in [3.8, 4) is 0 Å². The minimum Gasteiger partial charge on any atom is -0.460 e. The zero-order chi connectivity index (χ0) is 17.9. The summed E-state index contributed by atoms with van der Waals surface area (Å²) < 4.78 is 5.73. The van der Waals surface area contributed by atoms with Gasteiger partial charge in [-0.25, -0.2) is 0 Å². The second kappa shape index (κ2) is 5.57. The van der Waals surface area contributed by atoms with Gasteiger partial charge in [-0.05, 0) is 66.9 Å². The molecule has 25 heavy (non-hydrogen) atoms. The van der Waals surface area contributed by atoms with Crippen LogP contribution in [-0.4, -0.2) is 16.7 Å². The molecule has 0 heterocycles. The van der Waals surface area contributed by atoms with E-state index in [1.165, 1.54) is 12.0 Å². The second-order valence-corrected chi connectivity index (χ2v) is 9.99. The van der Waals surface area contributed by atoms with Crippen molar-refractivity contribution in [1.82, 2.24) is 0 Å². The van der Waals surface area contributed by atoms with E-state index in [9.17, 15) is 9.90 Å². The Morgan fingerprint density at radius 3 is 2.24 bits per heavy atom. The molecule has 4 fully saturated rings. The zero-order valence-electron chi connectivity index (χ0n) is 15.7. The Balaban J connectivity index is 1.43. The first kappa shape index (κ1) is 17.1. The molecule has 2 atom stereocenters. The predicted octanol–water partition coefficient (Wildman–Crippen LogP) is 4.36. The summed E-state index contributed by atoms with van der Waals surface area (Å²) in [5.74, 6) is 0.926. The molecule has 1 aromatic carbocycles. The summed E-state index contributed by atoms with van der Waals surface area (Å²) in [5.41, 5.74) is 1.40. The highest BCUT2D eigenvalue weighted by atomic mass is 16.5. The molecule has 0 aliphatic heterocycles. The number of aliphatic hydroxyl groups is 1. The van der Waals surface area contributed by atoms with Crippen molar-refractivity contribution in [2.24, 2.45) is 17.3 Å². The normalized spacial score (nSPS) is 36.5. The first-order chi connectivity index (χ1) is 11.7. The van der Waals surface area contributed by atoms with Gasteiger partial charge in [0, 0.05) is 0 Å². The summed E-state index contributed by atoms with van der Waals surface area (Å²) in [4.78, 5) is 12.9. The van der Waals surface area contributed by atoms with E-state index in [1.807, 2.05) is 0 Å². The first-order valence-corrected chi connectivity index (χ1v) is 9.67. The summed E-state index contributed by atoms with van der Waals surface area (Å²) in [6.07, 6.45) is 5.38. The van der Waals surface area contributed by atoms with Crippen molar-refractivity contribution in [1.29, 1.82) is 0 Å². The Kier molecular flexibility index (Phi) is 3.81. The van der Waals surface area contributed by atoms with Crippen molar-refractivity contribution in [3.05, 3.63) is 35.4 Å². The van der Waals surface area contributed by atoms with E-state index in [-0.39, 0.29) is 11.4 Å². The van der Waals surface area contributed by atoms with Gasteiger partial charge in [-0.3, -0.25) is 4.79 Å². The van der Waals surface area contributed by atoms with Gasteiger partial charge in [0.1, 0.15) is 6.61 Å². The quantitative estimate of drug-likeness (QED) is 0.830. The zero-order valence-corrected chi connectivity index (χ0v) is 15.7. The van der Waals surface area contributed by atoms with Crippen LogP contribution >= 0.6 is 0 Å². The van der Waals surface area contributed by atoms with Gasteiger partial charge in [0.2, 0.25) is 0 Å². The van der Waals surface area contributed by atoms with Crippen molar-refractivity contribution >= 4 is 5.97 Å². The second-order valence-electron chi connectivity index (χ2n) is 9.99. The lowest BCUT2D eigenvalue weighted by molar-refractivity contribution is -0.197. The molecule has 5 rings (SSSR count). The van der Waals surface area contributed by atoms with Crippen molar-refractivity contribution in [3.63, 3.8) is 0 Å².